The minimum Gasteiger partial charge on any atom is -0.455 e. The molecule has 0 aliphatic heterocycles. The van der Waals surface area contributed by atoms with Gasteiger partial charge in [-0.1, -0.05) is 121 Å². The predicted molar refractivity (Wildman–Crippen MR) is 218 cm³/mol. The van der Waals surface area contributed by atoms with Gasteiger partial charge in [-0.2, -0.15) is 0 Å². The van der Waals surface area contributed by atoms with Crippen LogP contribution in [0.3, 0.4) is 0 Å². The Labute approximate surface area is 304 Å². The van der Waals surface area contributed by atoms with Crippen molar-refractivity contribution >= 4 is 65.7 Å². The lowest BCUT2D eigenvalue weighted by atomic mass is 9.75. The SMILES string of the molecule is c1ccc(C2Cc3ccccc3-c3cc(-n4c5ccc(-c6cccc7c6oc6ccccc67)cc5c5c6oc7ccccc7c6ccc54)ccc32)cc1. The zero-order chi connectivity index (χ0) is 34.6. The first-order valence-corrected chi connectivity index (χ1v) is 18.3. The van der Waals surface area contributed by atoms with Gasteiger partial charge >= 0.3 is 0 Å². The highest BCUT2D eigenvalue weighted by Crippen LogP contribution is 2.46. The number of aromatic nitrogens is 1. The van der Waals surface area contributed by atoms with Crippen molar-refractivity contribution in [2.75, 3.05) is 0 Å². The van der Waals surface area contributed by atoms with Crippen molar-refractivity contribution in [3.8, 4) is 27.9 Å². The molecule has 1 aliphatic rings. The number of benzene rings is 8. The van der Waals surface area contributed by atoms with E-state index in [0.717, 1.165) is 88.9 Å². The maximum Gasteiger partial charge on any atom is 0.145 e. The van der Waals surface area contributed by atoms with Crippen LogP contribution in [-0.4, -0.2) is 4.57 Å². The van der Waals surface area contributed by atoms with Gasteiger partial charge in [-0.05, 0) is 88.3 Å². The number of furan rings is 2. The number of rotatable bonds is 3. The Morgan fingerprint density at radius 1 is 0.453 bits per heavy atom. The van der Waals surface area contributed by atoms with E-state index in [2.05, 4.69) is 156 Å². The van der Waals surface area contributed by atoms with E-state index in [1.54, 1.807) is 0 Å². The third-order valence-electron chi connectivity index (χ3n) is 11.6. The quantitative estimate of drug-likeness (QED) is 0.186. The molecule has 0 saturated carbocycles. The minimum absolute atomic E-state index is 0.298. The van der Waals surface area contributed by atoms with Crippen LogP contribution in [0.25, 0.3) is 93.6 Å². The molecule has 1 unspecified atom stereocenters. The molecule has 0 bridgehead atoms. The highest BCUT2D eigenvalue weighted by molar-refractivity contribution is 6.24. The molecule has 0 amide bonds. The maximum atomic E-state index is 6.75. The lowest BCUT2D eigenvalue weighted by molar-refractivity contribution is 0.670. The topological polar surface area (TPSA) is 31.2 Å². The zero-order valence-corrected chi connectivity index (χ0v) is 28.7. The van der Waals surface area contributed by atoms with Crippen molar-refractivity contribution in [3.63, 3.8) is 0 Å². The van der Waals surface area contributed by atoms with E-state index in [-0.39, 0.29) is 0 Å². The summed E-state index contributed by atoms with van der Waals surface area (Å²) < 4.78 is 15.7. The second-order valence-electron chi connectivity index (χ2n) is 14.4. The maximum absolute atomic E-state index is 6.75. The van der Waals surface area contributed by atoms with E-state index in [4.69, 9.17) is 8.83 Å². The molecule has 53 heavy (non-hydrogen) atoms. The molecule has 0 spiro atoms. The highest BCUT2D eigenvalue weighted by Gasteiger charge is 2.27. The number of hydrogen-bond acceptors (Lipinski definition) is 2. The molecule has 3 nitrogen and oxygen atoms in total. The molecule has 0 N–H and O–H groups in total. The van der Waals surface area contributed by atoms with Crippen molar-refractivity contribution in [1.29, 1.82) is 0 Å². The first-order valence-electron chi connectivity index (χ1n) is 18.3. The lowest BCUT2D eigenvalue weighted by Gasteiger charge is -2.29. The van der Waals surface area contributed by atoms with Crippen LogP contribution in [-0.2, 0) is 6.42 Å². The van der Waals surface area contributed by atoms with Gasteiger partial charge in [0.25, 0.3) is 0 Å². The van der Waals surface area contributed by atoms with Crippen LogP contribution < -0.4 is 0 Å². The van der Waals surface area contributed by atoms with Crippen LogP contribution in [0.4, 0.5) is 0 Å². The van der Waals surface area contributed by atoms with E-state index < -0.39 is 0 Å². The van der Waals surface area contributed by atoms with E-state index in [9.17, 15) is 0 Å². The molecular formula is C50H31NO2. The first-order chi connectivity index (χ1) is 26.3. The summed E-state index contributed by atoms with van der Waals surface area (Å²) in [6.07, 6.45) is 0.993. The Hall–Kier alpha value is -6.84. The highest BCUT2D eigenvalue weighted by atomic mass is 16.3. The van der Waals surface area contributed by atoms with Gasteiger partial charge in [0.15, 0.2) is 0 Å². The fraction of sp³-hybridized carbons (Fsp3) is 0.0400. The summed E-state index contributed by atoms with van der Waals surface area (Å²) in [6, 6.07) is 61.5. The Morgan fingerprint density at radius 3 is 1.98 bits per heavy atom. The smallest absolute Gasteiger partial charge is 0.145 e. The van der Waals surface area contributed by atoms with Crippen molar-refractivity contribution in [2.24, 2.45) is 0 Å². The average Bonchev–Trinajstić information content (AvgIpc) is 3.90. The molecule has 0 fully saturated rings. The summed E-state index contributed by atoms with van der Waals surface area (Å²) in [4.78, 5) is 0. The number of para-hydroxylation sites is 3. The molecule has 3 aromatic heterocycles. The molecule has 248 valence electrons. The molecule has 1 atom stereocenters. The Bertz CT molecular complexity index is 3270. The van der Waals surface area contributed by atoms with Crippen LogP contribution in [0, 0.1) is 0 Å². The molecule has 0 saturated heterocycles. The Morgan fingerprint density at radius 2 is 1.13 bits per heavy atom. The van der Waals surface area contributed by atoms with Crippen molar-refractivity contribution < 1.29 is 8.83 Å². The third kappa shape index (κ3) is 4.10. The summed E-state index contributed by atoms with van der Waals surface area (Å²) in [5.74, 6) is 0.298. The summed E-state index contributed by atoms with van der Waals surface area (Å²) >= 11 is 0. The molecule has 8 aromatic carbocycles. The molecule has 0 radical (unpaired) electrons. The van der Waals surface area contributed by atoms with Crippen LogP contribution in [0.1, 0.15) is 22.6 Å². The fourth-order valence-electron chi connectivity index (χ4n) is 9.20. The number of nitrogens with zero attached hydrogens (tertiary/aromatic N) is 1. The van der Waals surface area contributed by atoms with Crippen LogP contribution in [0.5, 0.6) is 0 Å². The molecule has 1 aliphatic carbocycles. The largest absolute Gasteiger partial charge is 0.455 e. The lowest BCUT2D eigenvalue weighted by Crippen LogP contribution is -2.13. The predicted octanol–water partition coefficient (Wildman–Crippen LogP) is 13.6. The van der Waals surface area contributed by atoms with E-state index in [1.165, 1.54) is 27.8 Å². The van der Waals surface area contributed by atoms with Gasteiger partial charge in [0.2, 0.25) is 0 Å². The van der Waals surface area contributed by atoms with Crippen LogP contribution in [0.2, 0.25) is 0 Å². The number of fused-ring (bicyclic) bond motifs is 13. The van der Waals surface area contributed by atoms with Gasteiger partial charge in [-0.15, -0.1) is 0 Å². The van der Waals surface area contributed by atoms with Crippen molar-refractivity contribution in [1.82, 2.24) is 4.57 Å². The van der Waals surface area contributed by atoms with Gasteiger partial charge in [0.05, 0.1) is 16.4 Å². The fourth-order valence-corrected chi connectivity index (χ4v) is 9.20. The van der Waals surface area contributed by atoms with E-state index >= 15 is 0 Å². The third-order valence-corrected chi connectivity index (χ3v) is 11.6. The van der Waals surface area contributed by atoms with E-state index in [1.807, 2.05) is 18.2 Å². The normalized spacial score (nSPS) is 14.2. The van der Waals surface area contributed by atoms with Gasteiger partial charge < -0.3 is 13.4 Å². The van der Waals surface area contributed by atoms with Gasteiger partial charge in [-0.25, -0.2) is 0 Å². The second kappa shape index (κ2) is 10.8. The van der Waals surface area contributed by atoms with Gasteiger partial charge in [-0.3, -0.25) is 0 Å². The van der Waals surface area contributed by atoms with Crippen molar-refractivity contribution in [3.05, 3.63) is 187 Å². The molecule has 3 heterocycles. The Balaban J connectivity index is 1.14. The summed E-state index contributed by atoms with van der Waals surface area (Å²) in [7, 11) is 0. The Kier molecular flexibility index (Phi) is 5.89. The monoisotopic (exact) mass is 677 g/mol. The number of hydrogen-bond donors (Lipinski definition) is 0. The minimum atomic E-state index is 0.298. The second-order valence-corrected chi connectivity index (χ2v) is 14.4. The molecule has 12 rings (SSSR count). The van der Waals surface area contributed by atoms with Crippen molar-refractivity contribution in [2.45, 2.75) is 12.3 Å². The summed E-state index contributed by atoms with van der Waals surface area (Å²) in [5.41, 5.74) is 15.9. The zero-order valence-electron chi connectivity index (χ0n) is 28.7. The molecular weight excluding hydrogens is 647 g/mol. The van der Waals surface area contributed by atoms with Crippen LogP contribution in [0.15, 0.2) is 179 Å². The van der Waals surface area contributed by atoms with Gasteiger partial charge in [0.1, 0.15) is 22.3 Å². The standard InChI is InChI=1S/C50H31NO2/c1-2-11-30(12-3-1)41-27-31-13-4-5-14-34(31)42-29-33(22-23-36(41)42)51-44-25-21-32(35-17-10-18-39-37-15-6-8-19-46(37)52-49(35)39)28-43(44)48-45(51)26-24-40-38-16-7-9-20-47(38)53-50(40)48/h1-26,28-29,41H,27H2. The average molecular weight is 678 g/mol. The summed E-state index contributed by atoms with van der Waals surface area (Å²) in [6.45, 7) is 0. The summed E-state index contributed by atoms with van der Waals surface area (Å²) in [5, 5.41) is 6.79. The van der Waals surface area contributed by atoms with Crippen LogP contribution >= 0.6 is 0 Å². The molecule has 11 aromatic rings. The molecule has 3 heteroatoms. The van der Waals surface area contributed by atoms with Gasteiger partial charge in [0, 0.05) is 44.1 Å². The first kappa shape index (κ1) is 28.8. The van der Waals surface area contributed by atoms with E-state index in [0.29, 0.717) is 5.92 Å².